The zero-order valence-electron chi connectivity index (χ0n) is 10.5. The maximum absolute atomic E-state index is 2.68. The first-order valence-corrected chi connectivity index (χ1v) is 15.3. The van der Waals surface area contributed by atoms with Crippen LogP contribution in [-0.4, -0.2) is 25.7 Å². The van der Waals surface area contributed by atoms with Gasteiger partial charge in [-0.25, -0.2) is 0 Å². The second-order valence-corrected chi connectivity index (χ2v) is 18.7. The highest BCUT2D eigenvalue weighted by atomic mass is 28.4. The van der Waals surface area contributed by atoms with Crippen LogP contribution in [0.15, 0.2) is 0 Å². The van der Waals surface area contributed by atoms with E-state index in [1.165, 1.54) is 6.42 Å². The van der Waals surface area contributed by atoms with Gasteiger partial charge in [-0.2, -0.15) is 0 Å². The number of hydrogen-bond acceptors (Lipinski definition) is 0. The molecule has 0 aliphatic carbocycles. The monoisotopic (exact) mass is 232 g/mol. The van der Waals surface area contributed by atoms with E-state index in [0.717, 1.165) is 0 Å². The SMILES string of the molecule is CCC[Si](C)(C[SiH](C)C)C[SiH](C)C. The van der Waals surface area contributed by atoms with E-state index in [1.54, 1.807) is 17.4 Å². The van der Waals surface area contributed by atoms with Crippen molar-refractivity contribution in [1.82, 2.24) is 0 Å². The average Bonchev–Trinajstić information content (AvgIpc) is 1.81. The maximum atomic E-state index is 2.68. The Kier molecular flexibility index (Phi) is 6.50. The van der Waals surface area contributed by atoms with Gasteiger partial charge in [0.2, 0.25) is 0 Å². The van der Waals surface area contributed by atoms with E-state index in [1.807, 2.05) is 0 Å². The molecule has 0 N–H and O–H groups in total. The molecule has 0 atom stereocenters. The van der Waals surface area contributed by atoms with Gasteiger partial charge in [-0.1, -0.05) is 63.5 Å². The maximum Gasteiger partial charge on any atom is 0.0447 e. The molecule has 0 nitrogen and oxygen atoms in total. The number of hydrogen-bond donors (Lipinski definition) is 0. The van der Waals surface area contributed by atoms with Crippen LogP contribution in [-0.2, 0) is 0 Å². The Balaban J connectivity index is 4.15. The molecule has 0 aromatic heterocycles. The molecule has 0 aromatic rings. The molecule has 0 unspecified atom stereocenters. The van der Waals surface area contributed by atoms with Crippen molar-refractivity contribution in [2.45, 2.75) is 63.5 Å². The smallest absolute Gasteiger partial charge is 0.0447 e. The molecule has 0 saturated carbocycles. The van der Waals surface area contributed by atoms with Crippen molar-refractivity contribution in [1.29, 1.82) is 0 Å². The first-order chi connectivity index (χ1) is 5.89. The predicted molar refractivity (Wildman–Crippen MR) is 74.1 cm³/mol. The lowest BCUT2D eigenvalue weighted by Crippen LogP contribution is -2.37. The lowest BCUT2D eigenvalue weighted by molar-refractivity contribution is 1.04. The summed E-state index contributed by atoms with van der Waals surface area (Å²) in [6.45, 7) is 15.2. The fourth-order valence-electron chi connectivity index (χ4n) is 2.86. The molecular formula is C10H28Si3. The van der Waals surface area contributed by atoms with Crippen LogP contribution < -0.4 is 0 Å². The lowest BCUT2D eigenvalue weighted by Gasteiger charge is -2.30. The molecule has 0 aliphatic rings. The van der Waals surface area contributed by atoms with Crippen molar-refractivity contribution in [3.63, 3.8) is 0 Å². The van der Waals surface area contributed by atoms with Crippen LogP contribution in [0.3, 0.4) is 0 Å². The lowest BCUT2D eigenvalue weighted by atomic mass is 10.6. The van der Waals surface area contributed by atoms with Crippen molar-refractivity contribution < 1.29 is 0 Å². The Morgan fingerprint density at radius 2 is 1.31 bits per heavy atom. The van der Waals surface area contributed by atoms with Crippen LogP contribution in [0, 0.1) is 0 Å². The van der Waals surface area contributed by atoms with Crippen molar-refractivity contribution >= 4 is 25.7 Å². The van der Waals surface area contributed by atoms with E-state index in [2.05, 4.69) is 39.7 Å². The van der Waals surface area contributed by atoms with Gasteiger partial charge in [0.05, 0.1) is 0 Å². The summed E-state index contributed by atoms with van der Waals surface area (Å²) >= 11 is 0. The van der Waals surface area contributed by atoms with Gasteiger partial charge in [-0.05, 0) is 0 Å². The molecule has 13 heavy (non-hydrogen) atoms. The molecule has 0 heterocycles. The molecule has 0 aliphatic heterocycles. The zero-order chi connectivity index (χ0) is 10.5. The van der Waals surface area contributed by atoms with Crippen LogP contribution in [0.25, 0.3) is 0 Å². The summed E-state index contributed by atoms with van der Waals surface area (Å²) in [6.07, 6.45) is 1.44. The van der Waals surface area contributed by atoms with Crippen molar-refractivity contribution in [2.24, 2.45) is 0 Å². The fraction of sp³-hybridized carbons (Fsp3) is 1.00. The van der Waals surface area contributed by atoms with Crippen molar-refractivity contribution in [3.8, 4) is 0 Å². The predicted octanol–water partition coefficient (Wildman–Crippen LogP) is 3.53. The summed E-state index contributed by atoms with van der Waals surface area (Å²) in [5.41, 5.74) is 3.40. The topological polar surface area (TPSA) is 0 Å². The van der Waals surface area contributed by atoms with Gasteiger partial charge in [0.1, 0.15) is 0 Å². The molecule has 0 aromatic carbocycles. The highest BCUT2D eigenvalue weighted by Gasteiger charge is 2.28. The number of rotatable bonds is 6. The first-order valence-electron chi connectivity index (χ1n) is 5.89. The van der Waals surface area contributed by atoms with E-state index in [-0.39, 0.29) is 17.6 Å². The third-order valence-corrected chi connectivity index (χ3v) is 18.8. The van der Waals surface area contributed by atoms with Crippen LogP contribution in [0.5, 0.6) is 0 Å². The van der Waals surface area contributed by atoms with E-state index in [9.17, 15) is 0 Å². The summed E-state index contributed by atoms with van der Waals surface area (Å²) in [4.78, 5) is 0. The second-order valence-electron chi connectivity index (χ2n) is 5.76. The standard InChI is InChI=1S/C10H28Si3/c1-7-8-13(6,9-11(2)3)10-12(4)5/h11-12H,7-10H2,1-6H3. The van der Waals surface area contributed by atoms with Gasteiger partial charge >= 0.3 is 0 Å². The van der Waals surface area contributed by atoms with E-state index in [0.29, 0.717) is 0 Å². The van der Waals surface area contributed by atoms with E-state index < -0.39 is 8.07 Å². The van der Waals surface area contributed by atoms with Crippen molar-refractivity contribution in [2.75, 3.05) is 0 Å². The minimum atomic E-state index is -0.752. The second kappa shape index (κ2) is 6.19. The van der Waals surface area contributed by atoms with Gasteiger partial charge in [0.15, 0.2) is 0 Å². The Hall–Kier alpha value is 0.651. The minimum Gasteiger partial charge on any atom is -0.0724 e. The Labute approximate surface area is 89.4 Å². The summed E-state index contributed by atoms with van der Waals surface area (Å²) in [5.74, 6) is 0. The van der Waals surface area contributed by atoms with Crippen LogP contribution in [0.1, 0.15) is 13.3 Å². The van der Waals surface area contributed by atoms with E-state index in [4.69, 9.17) is 0 Å². The normalized spacial score (nSPS) is 12.9. The average molecular weight is 233 g/mol. The minimum absolute atomic E-state index is 0.302. The largest absolute Gasteiger partial charge is 0.0724 e. The molecule has 0 radical (unpaired) electrons. The van der Waals surface area contributed by atoms with Crippen molar-refractivity contribution in [3.05, 3.63) is 0 Å². The van der Waals surface area contributed by atoms with Crippen LogP contribution in [0.4, 0.5) is 0 Å². The molecule has 3 heteroatoms. The third kappa shape index (κ3) is 6.69. The fourth-order valence-corrected chi connectivity index (χ4v) is 23.6. The Morgan fingerprint density at radius 3 is 1.54 bits per heavy atom. The van der Waals surface area contributed by atoms with Gasteiger partial charge in [0.25, 0.3) is 0 Å². The van der Waals surface area contributed by atoms with Crippen LogP contribution in [0.2, 0.25) is 50.1 Å². The highest BCUT2D eigenvalue weighted by molar-refractivity contribution is 6.94. The van der Waals surface area contributed by atoms with Gasteiger partial charge < -0.3 is 0 Å². The summed E-state index contributed by atoms with van der Waals surface area (Å²) in [6, 6.07) is 1.60. The van der Waals surface area contributed by atoms with Gasteiger partial charge in [-0.3, -0.25) is 0 Å². The van der Waals surface area contributed by atoms with Crippen LogP contribution >= 0.6 is 0 Å². The highest BCUT2D eigenvalue weighted by Crippen LogP contribution is 2.25. The molecule has 0 amide bonds. The Bertz CT molecular complexity index is 122. The molecule has 80 valence electrons. The zero-order valence-corrected chi connectivity index (χ0v) is 13.8. The molecule has 0 rings (SSSR count). The van der Waals surface area contributed by atoms with E-state index >= 15 is 0 Å². The van der Waals surface area contributed by atoms with Gasteiger partial charge in [-0.15, -0.1) is 0 Å². The molecule has 0 bridgehead atoms. The Morgan fingerprint density at radius 1 is 0.923 bits per heavy atom. The molecule has 0 fully saturated rings. The molecule has 0 saturated heterocycles. The quantitative estimate of drug-likeness (QED) is 0.615. The molecule has 0 spiro atoms. The molecular weight excluding hydrogens is 204 g/mol. The van der Waals surface area contributed by atoms with Gasteiger partial charge in [0, 0.05) is 25.7 Å². The summed E-state index contributed by atoms with van der Waals surface area (Å²) < 4.78 is 0. The first kappa shape index (κ1) is 13.7. The summed E-state index contributed by atoms with van der Waals surface area (Å²) in [5, 5.41) is 0. The summed E-state index contributed by atoms with van der Waals surface area (Å²) in [7, 11) is -1.36. The third-order valence-electron chi connectivity index (χ3n) is 2.66.